The minimum absolute atomic E-state index is 0. The molecule has 0 N–H and O–H groups in total. The maximum atomic E-state index is 3.62. The molecule has 1 fully saturated rings. The molecule has 0 aromatic heterocycles. The number of rotatable bonds is 3. The maximum Gasteiger partial charge on any atom is 4.00 e. The summed E-state index contributed by atoms with van der Waals surface area (Å²) in [4.78, 5) is 0. The number of hydrogen-bond donors (Lipinski definition) is 0. The summed E-state index contributed by atoms with van der Waals surface area (Å²) in [6.45, 7) is 4.53. The first kappa shape index (κ1) is 23.9. The van der Waals surface area contributed by atoms with Gasteiger partial charge in [0.25, 0.3) is 0 Å². The van der Waals surface area contributed by atoms with E-state index in [1.54, 1.807) is 17.3 Å². The Hall–Kier alpha value is 0.627. The Morgan fingerprint density at radius 1 is 1.24 bits per heavy atom. The van der Waals surface area contributed by atoms with Gasteiger partial charge in [-0.25, -0.2) is 23.8 Å². The van der Waals surface area contributed by atoms with E-state index in [2.05, 4.69) is 38.2 Å². The molecule has 0 radical (unpaired) electrons. The Balaban J connectivity index is 0. The zero-order valence-electron chi connectivity index (χ0n) is 13.0. The van der Waals surface area contributed by atoms with Crippen molar-refractivity contribution in [3.63, 3.8) is 0 Å². The summed E-state index contributed by atoms with van der Waals surface area (Å²) in [5.74, 6) is 0. The third-order valence-electron chi connectivity index (χ3n) is 4.23. The number of hydrogen-bond acceptors (Lipinski definition) is 0. The van der Waals surface area contributed by atoms with E-state index in [9.17, 15) is 0 Å². The van der Waals surface area contributed by atoms with Gasteiger partial charge in [0.15, 0.2) is 0 Å². The van der Waals surface area contributed by atoms with Crippen molar-refractivity contribution < 1.29 is 50.7 Å². The van der Waals surface area contributed by atoms with E-state index >= 15 is 0 Å². The van der Waals surface area contributed by atoms with Crippen LogP contribution < -0.4 is 24.8 Å². The number of allylic oxidation sites excluding steroid dienone is 8. The minimum Gasteiger partial charge on any atom is -1.00 e. The second-order valence-corrected chi connectivity index (χ2v) is 10.2. The molecule has 0 saturated carbocycles. The van der Waals surface area contributed by atoms with Crippen LogP contribution in [0.3, 0.4) is 0 Å². The Morgan fingerprint density at radius 2 is 1.95 bits per heavy atom. The summed E-state index contributed by atoms with van der Waals surface area (Å²) >= 11 is 0. The zero-order valence-corrected chi connectivity index (χ0v) is 19.1. The molecule has 3 aliphatic rings. The normalized spacial score (nSPS) is 19.7. The van der Waals surface area contributed by atoms with Gasteiger partial charge in [-0.05, 0) is 0 Å². The quantitative estimate of drug-likeness (QED) is 0.347. The smallest absolute Gasteiger partial charge is 1.00 e. The molecule has 1 saturated heterocycles. The SMILES string of the molecule is CCC[Si]1(C2=[C-]C(C)=CC2)CCC1.[C-]1=CC=CC1.[Cl-].[Cl-].[Hf+4]. The summed E-state index contributed by atoms with van der Waals surface area (Å²) in [5, 5.41) is 1.75. The van der Waals surface area contributed by atoms with Gasteiger partial charge in [0.1, 0.15) is 0 Å². The average molecular weight is 506 g/mol. The Labute approximate surface area is 162 Å². The van der Waals surface area contributed by atoms with Gasteiger partial charge in [-0.3, -0.25) is 12.2 Å². The van der Waals surface area contributed by atoms with Crippen molar-refractivity contribution in [2.45, 2.75) is 57.7 Å². The van der Waals surface area contributed by atoms with Gasteiger partial charge in [-0.2, -0.15) is 11.3 Å². The van der Waals surface area contributed by atoms with E-state index < -0.39 is 8.07 Å². The third-order valence-corrected chi connectivity index (χ3v) is 9.91. The number of halogens is 2. The fourth-order valence-corrected chi connectivity index (χ4v) is 7.64. The van der Waals surface area contributed by atoms with Crippen LogP contribution in [-0.4, -0.2) is 8.07 Å². The molecule has 114 valence electrons. The molecule has 0 bridgehead atoms. The van der Waals surface area contributed by atoms with Crippen molar-refractivity contribution in [3.8, 4) is 0 Å². The van der Waals surface area contributed by atoms with Gasteiger partial charge in [0.2, 0.25) is 0 Å². The van der Waals surface area contributed by atoms with Gasteiger partial charge < -0.3 is 24.8 Å². The molecule has 2 aliphatic carbocycles. The molecule has 3 rings (SSSR count). The Morgan fingerprint density at radius 3 is 2.24 bits per heavy atom. The maximum absolute atomic E-state index is 3.62. The first-order valence-electron chi connectivity index (χ1n) is 7.29. The summed E-state index contributed by atoms with van der Waals surface area (Å²) in [6, 6.07) is 4.64. The summed E-state index contributed by atoms with van der Waals surface area (Å²) in [6.07, 6.45) is 20.1. The van der Waals surface area contributed by atoms with Crippen LogP contribution in [0.5, 0.6) is 0 Å². The molecule has 21 heavy (non-hydrogen) atoms. The predicted molar refractivity (Wildman–Crippen MR) is 81.8 cm³/mol. The largest absolute Gasteiger partial charge is 4.00 e. The van der Waals surface area contributed by atoms with E-state index in [-0.39, 0.29) is 50.7 Å². The van der Waals surface area contributed by atoms with Crippen LogP contribution in [0.4, 0.5) is 0 Å². The average Bonchev–Trinajstić information content (AvgIpc) is 2.97. The molecule has 0 amide bonds. The summed E-state index contributed by atoms with van der Waals surface area (Å²) < 4.78 is 0. The van der Waals surface area contributed by atoms with Gasteiger partial charge in [-0.1, -0.05) is 44.8 Å². The van der Waals surface area contributed by atoms with Crippen molar-refractivity contribution >= 4 is 8.07 Å². The molecule has 0 aromatic rings. The molecule has 1 heterocycles. The van der Waals surface area contributed by atoms with Crippen LogP contribution in [0.2, 0.25) is 18.1 Å². The van der Waals surface area contributed by atoms with E-state index in [1.165, 1.54) is 30.9 Å². The van der Waals surface area contributed by atoms with Gasteiger partial charge in [0.05, 0.1) is 8.07 Å². The molecule has 4 heteroatoms. The van der Waals surface area contributed by atoms with Crippen molar-refractivity contribution in [1.29, 1.82) is 0 Å². The second-order valence-electron chi connectivity index (χ2n) is 5.58. The molecule has 0 spiro atoms. The Kier molecular flexibility index (Phi) is 13.8. The molecule has 1 aliphatic heterocycles. The van der Waals surface area contributed by atoms with Crippen LogP contribution in [0.1, 0.15) is 39.5 Å². The van der Waals surface area contributed by atoms with Crippen molar-refractivity contribution in [2.75, 3.05) is 0 Å². The van der Waals surface area contributed by atoms with Gasteiger partial charge in [0, 0.05) is 0 Å². The molecule has 0 aromatic carbocycles. The molecular formula is C17H24Cl2HfSi. The van der Waals surface area contributed by atoms with Gasteiger partial charge in [-0.15, -0.1) is 12.8 Å². The first-order chi connectivity index (χ1) is 8.77. The monoisotopic (exact) mass is 506 g/mol. The second kappa shape index (κ2) is 12.1. The fraction of sp³-hybridized carbons (Fsp3) is 0.529. The van der Waals surface area contributed by atoms with E-state index in [0.717, 1.165) is 6.42 Å². The fourth-order valence-electron chi connectivity index (χ4n) is 3.07. The summed E-state index contributed by atoms with van der Waals surface area (Å²) in [5.41, 5.74) is 1.39. The zero-order chi connectivity index (χ0) is 12.8. The van der Waals surface area contributed by atoms with Crippen LogP contribution in [-0.2, 0) is 25.8 Å². The minimum atomic E-state index is -0.898. The summed E-state index contributed by atoms with van der Waals surface area (Å²) in [7, 11) is -0.898. The Bertz CT molecular complexity index is 397. The molecule has 0 nitrogen and oxygen atoms in total. The first-order valence-corrected chi connectivity index (χ1v) is 9.91. The molecule has 0 unspecified atom stereocenters. The van der Waals surface area contributed by atoms with Crippen LogP contribution in [0.15, 0.2) is 35.1 Å². The molecule has 0 atom stereocenters. The predicted octanol–water partition coefficient (Wildman–Crippen LogP) is -0.821. The van der Waals surface area contributed by atoms with E-state index in [1.807, 2.05) is 12.2 Å². The molecular weight excluding hydrogens is 482 g/mol. The topological polar surface area (TPSA) is 0 Å². The van der Waals surface area contributed by atoms with Crippen LogP contribution in [0.25, 0.3) is 0 Å². The van der Waals surface area contributed by atoms with Crippen LogP contribution >= 0.6 is 0 Å². The van der Waals surface area contributed by atoms with Crippen molar-refractivity contribution in [1.82, 2.24) is 0 Å². The van der Waals surface area contributed by atoms with Crippen molar-refractivity contribution in [3.05, 3.63) is 47.2 Å². The standard InChI is InChI=1S/C12H19Si.C5H5.2ClH.Hf/c1-3-7-13(8-4-9-13)12-6-5-11(2)10-12;1-2-4-5-3-1;;;/h5H,3-4,6-9H2,1-2H3;1-3H,4H2;2*1H;/q2*-1;;;+4/p-2. The van der Waals surface area contributed by atoms with Crippen LogP contribution in [0, 0.1) is 12.2 Å². The van der Waals surface area contributed by atoms with Gasteiger partial charge >= 0.3 is 25.8 Å². The van der Waals surface area contributed by atoms with E-state index in [0.29, 0.717) is 0 Å². The van der Waals surface area contributed by atoms with Crippen molar-refractivity contribution in [2.24, 2.45) is 0 Å². The van der Waals surface area contributed by atoms with E-state index in [4.69, 9.17) is 0 Å². The third kappa shape index (κ3) is 6.72.